The number of hydrogen-bond acceptors (Lipinski definition) is 4. The molecule has 0 N–H and O–H groups in total. The molecule has 2 aromatic heterocycles. The van der Waals surface area contributed by atoms with Crippen LogP contribution in [0.15, 0.2) is 56.9 Å². The molecule has 1 aliphatic rings. The molecular formula is C26H25Br2N3O2S. The largest absolute Gasteiger partial charge is 0.372 e. The van der Waals surface area contributed by atoms with Gasteiger partial charge in [0.1, 0.15) is 0 Å². The number of hydrogen-bond donors (Lipinski definition) is 0. The van der Waals surface area contributed by atoms with Gasteiger partial charge in [-0.05, 0) is 107 Å². The maximum atomic E-state index is 13.9. The molecular weight excluding hydrogens is 578 g/mol. The van der Waals surface area contributed by atoms with Crippen molar-refractivity contribution in [3.63, 3.8) is 0 Å². The topological polar surface area (TPSA) is 55.2 Å². The first-order valence-electron chi connectivity index (χ1n) is 11.3. The van der Waals surface area contributed by atoms with Crippen LogP contribution in [0, 0.1) is 13.8 Å². The molecule has 0 amide bonds. The zero-order valence-corrected chi connectivity index (χ0v) is 23.0. The lowest BCUT2D eigenvalue weighted by Gasteiger charge is -2.28. The second-order valence-corrected chi connectivity index (χ2v) is 13.4. The molecule has 0 unspecified atom stereocenters. The van der Waals surface area contributed by atoms with Crippen molar-refractivity contribution in [3.8, 4) is 0 Å². The van der Waals surface area contributed by atoms with E-state index in [-0.39, 0.29) is 4.90 Å². The molecule has 5 rings (SSSR count). The fourth-order valence-corrected chi connectivity index (χ4v) is 6.75. The first-order chi connectivity index (χ1) is 16.3. The Hall–Kier alpha value is -2.16. The van der Waals surface area contributed by atoms with Gasteiger partial charge in [-0.15, -0.1) is 0 Å². The van der Waals surface area contributed by atoms with Gasteiger partial charge in [0.25, 0.3) is 10.0 Å². The molecule has 3 heterocycles. The van der Waals surface area contributed by atoms with Crippen LogP contribution in [0.25, 0.3) is 27.9 Å². The van der Waals surface area contributed by atoms with Crippen molar-refractivity contribution >= 4 is 75.5 Å². The summed E-state index contributed by atoms with van der Waals surface area (Å²) in [4.78, 5) is 7.27. The minimum atomic E-state index is -3.83. The molecule has 0 spiro atoms. The van der Waals surface area contributed by atoms with Crippen LogP contribution in [0.3, 0.4) is 0 Å². The van der Waals surface area contributed by atoms with E-state index in [1.165, 1.54) is 23.2 Å². The van der Waals surface area contributed by atoms with Crippen molar-refractivity contribution in [1.29, 1.82) is 0 Å². The van der Waals surface area contributed by atoms with Crippen LogP contribution in [0.1, 0.15) is 36.1 Å². The molecule has 2 aromatic carbocycles. The zero-order valence-electron chi connectivity index (χ0n) is 19.1. The summed E-state index contributed by atoms with van der Waals surface area (Å²) in [5, 5.41) is 1.83. The number of pyridine rings is 1. The van der Waals surface area contributed by atoms with E-state index >= 15 is 0 Å². The number of nitrogens with zero attached hydrogens (tertiary/aromatic N) is 3. The number of fused-ring (bicyclic) bond motifs is 3. The van der Waals surface area contributed by atoms with Crippen molar-refractivity contribution in [2.24, 2.45) is 0 Å². The summed E-state index contributed by atoms with van der Waals surface area (Å²) >= 11 is 6.85. The molecule has 0 atom stereocenters. The van der Waals surface area contributed by atoms with Crippen molar-refractivity contribution in [2.45, 2.75) is 38.0 Å². The highest BCUT2D eigenvalue weighted by Gasteiger charge is 2.26. The van der Waals surface area contributed by atoms with Gasteiger partial charge < -0.3 is 4.90 Å². The molecule has 5 nitrogen and oxygen atoms in total. The lowest BCUT2D eigenvalue weighted by molar-refractivity contribution is 0.578. The summed E-state index contributed by atoms with van der Waals surface area (Å²) in [7, 11) is -3.83. The van der Waals surface area contributed by atoms with Crippen LogP contribution in [0.5, 0.6) is 0 Å². The first-order valence-corrected chi connectivity index (χ1v) is 14.3. The second-order valence-electron chi connectivity index (χ2n) is 8.79. The van der Waals surface area contributed by atoms with Gasteiger partial charge in [0.2, 0.25) is 0 Å². The summed E-state index contributed by atoms with van der Waals surface area (Å²) in [6.07, 6.45) is 7.18. The molecule has 4 aromatic rings. The summed E-state index contributed by atoms with van der Waals surface area (Å²) in [5.74, 6) is 0. The number of aryl methyl sites for hydroxylation is 2. The van der Waals surface area contributed by atoms with Crippen LogP contribution >= 0.6 is 31.9 Å². The molecule has 176 valence electrons. The third kappa shape index (κ3) is 4.10. The third-order valence-electron chi connectivity index (χ3n) is 6.55. The van der Waals surface area contributed by atoms with Crippen LogP contribution in [-0.2, 0) is 10.0 Å². The summed E-state index contributed by atoms with van der Waals surface area (Å²) in [5.41, 5.74) is 5.13. The number of piperidine rings is 1. The van der Waals surface area contributed by atoms with Crippen LogP contribution < -0.4 is 4.90 Å². The molecule has 8 heteroatoms. The molecule has 0 radical (unpaired) electrons. The number of aromatic nitrogens is 2. The van der Waals surface area contributed by atoms with Crippen LogP contribution in [0.2, 0.25) is 0 Å². The predicted octanol–water partition coefficient (Wildman–Crippen LogP) is 7.12. The van der Waals surface area contributed by atoms with E-state index < -0.39 is 10.0 Å². The molecule has 34 heavy (non-hydrogen) atoms. The van der Waals surface area contributed by atoms with Gasteiger partial charge in [0.15, 0.2) is 0 Å². The Morgan fingerprint density at radius 1 is 0.971 bits per heavy atom. The highest BCUT2D eigenvalue weighted by Crippen LogP contribution is 2.38. The van der Waals surface area contributed by atoms with Gasteiger partial charge in [0, 0.05) is 29.5 Å². The van der Waals surface area contributed by atoms with Gasteiger partial charge >= 0.3 is 0 Å². The zero-order chi connectivity index (χ0) is 24.0. The minimum Gasteiger partial charge on any atom is -0.372 e. The summed E-state index contributed by atoms with van der Waals surface area (Å²) in [6.45, 7) is 6.00. The average molecular weight is 603 g/mol. The highest BCUT2D eigenvalue weighted by atomic mass is 79.9. The fraction of sp³-hybridized carbons (Fsp3) is 0.269. The van der Waals surface area contributed by atoms with E-state index in [1.807, 2.05) is 44.2 Å². The number of anilines is 1. The normalized spacial score (nSPS) is 14.6. The second kappa shape index (κ2) is 9.13. The number of rotatable bonds is 4. The molecule has 0 saturated carbocycles. The van der Waals surface area contributed by atoms with Gasteiger partial charge in [-0.1, -0.05) is 17.7 Å². The Morgan fingerprint density at radius 3 is 2.35 bits per heavy atom. The lowest BCUT2D eigenvalue weighted by Crippen LogP contribution is -2.29. The molecule has 1 fully saturated rings. The van der Waals surface area contributed by atoms with E-state index in [1.54, 1.807) is 18.3 Å². The van der Waals surface area contributed by atoms with Crippen molar-refractivity contribution in [3.05, 3.63) is 68.9 Å². The van der Waals surface area contributed by atoms with Crippen LogP contribution in [0.4, 0.5) is 5.69 Å². The summed E-state index contributed by atoms with van der Waals surface area (Å²) in [6, 6.07) is 13.1. The monoisotopic (exact) mass is 601 g/mol. The average Bonchev–Trinajstić information content (AvgIpc) is 3.16. The van der Waals surface area contributed by atoms with E-state index in [9.17, 15) is 8.42 Å². The Morgan fingerprint density at radius 2 is 1.68 bits per heavy atom. The van der Waals surface area contributed by atoms with E-state index in [0.29, 0.717) is 11.0 Å². The molecule has 1 saturated heterocycles. The first kappa shape index (κ1) is 23.6. The highest BCUT2D eigenvalue weighted by molar-refractivity contribution is 9.28. The van der Waals surface area contributed by atoms with E-state index in [4.69, 9.17) is 0 Å². The van der Waals surface area contributed by atoms with Gasteiger partial charge in [-0.25, -0.2) is 12.4 Å². The Kier molecular flexibility index (Phi) is 6.33. The van der Waals surface area contributed by atoms with Crippen molar-refractivity contribution < 1.29 is 8.42 Å². The number of halogens is 2. The molecule has 0 aliphatic carbocycles. The van der Waals surface area contributed by atoms with E-state index in [2.05, 4.69) is 47.8 Å². The smallest absolute Gasteiger partial charge is 0.268 e. The van der Waals surface area contributed by atoms with Gasteiger partial charge in [-0.3, -0.25) is 4.98 Å². The van der Waals surface area contributed by atoms with Gasteiger partial charge in [0.05, 0.1) is 31.2 Å². The Labute approximate surface area is 216 Å². The lowest BCUT2D eigenvalue weighted by atomic mass is 10.0. The standard InChI is InChI=1S/C26H25Br2N3O2S/c1-17-6-9-20(10-7-17)34(32,33)31-23-11-8-19(30-12-4-3-5-13-30)14-21(23)26-18(2)22(15-25(27)28)29-16-24(26)31/h6-11,14-16H,3-5,12-13H2,1-2H3. The summed E-state index contributed by atoms with van der Waals surface area (Å²) < 4.78 is 30.0. The maximum absolute atomic E-state index is 13.9. The quantitative estimate of drug-likeness (QED) is 0.249. The Bertz CT molecular complexity index is 1530. The van der Waals surface area contributed by atoms with Crippen molar-refractivity contribution in [2.75, 3.05) is 18.0 Å². The SMILES string of the molecule is Cc1ccc(S(=O)(=O)n2c3ccc(N4CCCCC4)cc3c3c(C)c(C=C(Br)Br)ncc32)cc1. The minimum absolute atomic E-state index is 0.266. The predicted molar refractivity (Wildman–Crippen MR) is 148 cm³/mol. The fourth-order valence-electron chi connectivity index (χ4n) is 4.81. The van der Waals surface area contributed by atoms with Gasteiger partial charge in [-0.2, -0.15) is 0 Å². The Balaban J connectivity index is 1.83. The number of benzene rings is 2. The third-order valence-corrected chi connectivity index (χ3v) is 8.75. The molecule has 1 aliphatic heterocycles. The maximum Gasteiger partial charge on any atom is 0.268 e. The van der Waals surface area contributed by atoms with E-state index in [0.717, 1.165) is 49.8 Å². The molecule has 0 bridgehead atoms. The van der Waals surface area contributed by atoms with Crippen LogP contribution in [-0.4, -0.2) is 30.5 Å². The van der Waals surface area contributed by atoms with Crippen molar-refractivity contribution in [1.82, 2.24) is 8.96 Å².